The molecule has 27 heavy (non-hydrogen) atoms. The van der Waals surface area contributed by atoms with Crippen molar-refractivity contribution in [2.75, 3.05) is 43.3 Å². The first-order valence-corrected chi connectivity index (χ1v) is 11.2. The van der Waals surface area contributed by atoms with Crippen LogP contribution in [0.3, 0.4) is 0 Å². The number of likely N-dealkylation sites (tertiary alicyclic amines) is 1. The minimum atomic E-state index is -3.65. The van der Waals surface area contributed by atoms with E-state index in [4.69, 9.17) is 0 Å². The molecular weight excluding hydrogens is 366 g/mol. The van der Waals surface area contributed by atoms with Gasteiger partial charge in [-0.2, -0.15) is 0 Å². The summed E-state index contributed by atoms with van der Waals surface area (Å²) in [6.07, 6.45) is 5.64. The van der Waals surface area contributed by atoms with Crippen LogP contribution in [0.2, 0.25) is 0 Å². The van der Waals surface area contributed by atoms with Gasteiger partial charge in [-0.05, 0) is 58.0 Å². The van der Waals surface area contributed by atoms with Crippen LogP contribution < -0.4 is 9.62 Å². The van der Waals surface area contributed by atoms with Gasteiger partial charge in [-0.3, -0.25) is 13.9 Å². The molecule has 0 saturated carbocycles. The van der Waals surface area contributed by atoms with Crippen molar-refractivity contribution >= 4 is 27.4 Å². The zero-order valence-electron chi connectivity index (χ0n) is 16.1. The molecule has 0 atom stereocenters. The molecule has 2 rings (SSSR count). The number of piperidine rings is 1. The Bertz CT molecular complexity index is 758. The predicted molar refractivity (Wildman–Crippen MR) is 107 cm³/mol. The van der Waals surface area contributed by atoms with Crippen molar-refractivity contribution in [3.63, 3.8) is 0 Å². The molecule has 1 heterocycles. The molecular formula is C19H29N3O4S. The molecule has 1 N–H and O–H groups in total. The Labute approximate surface area is 161 Å². The van der Waals surface area contributed by atoms with Gasteiger partial charge >= 0.3 is 0 Å². The van der Waals surface area contributed by atoms with Crippen LogP contribution in [0.5, 0.6) is 0 Å². The van der Waals surface area contributed by atoms with Gasteiger partial charge in [-0.15, -0.1) is 0 Å². The molecule has 0 spiro atoms. The Balaban J connectivity index is 1.90. The van der Waals surface area contributed by atoms with Gasteiger partial charge in [0.1, 0.15) is 6.54 Å². The lowest BCUT2D eigenvalue weighted by Gasteiger charge is -2.26. The minimum Gasteiger partial charge on any atom is -0.354 e. The van der Waals surface area contributed by atoms with Crippen LogP contribution in [0.4, 0.5) is 5.69 Å². The highest BCUT2D eigenvalue weighted by molar-refractivity contribution is 7.92. The third-order valence-electron chi connectivity index (χ3n) is 4.65. The molecule has 1 aliphatic rings. The third kappa shape index (κ3) is 6.95. The lowest BCUT2D eigenvalue weighted by molar-refractivity contribution is -0.119. The normalized spacial score (nSPS) is 15.3. The van der Waals surface area contributed by atoms with E-state index in [9.17, 15) is 18.0 Å². The SMILES string of the molecule is CC(=O)c1cccc(N(CC(=O)NCCCN2CCCCC2)S(C)(=O)=O)c1. The van der Waals surface area contributed by atoms with Crippen LogP contribution in [0.15, 0.2) is 24.3 Å². The summed E-state index contributed by atoms with van der Waals surface area (Å²) in [5, 5.41) is 2.79. The van der Waals surface area contributed by atoms with Crippen LogP contribution in [-0.2, 0) is 14.8 Å². The lowest BCUT2D eigenvalue weighted by Crippen LogP contribution is -2.41. The van der Waals surface area contributed by atoms with Crippen LogP contribution in [0.1, 0.15) is 43.0 Å². The molecule has 1 aromatic rings. The van der Waals surface area contributed by atoms with E-state index in [1.807, 2.05) is 0 Å². The zero-order chi connectivity index (χ0) is 19.9. The van der Waals surface area contributed by atoms with Gasteiger partial charge < -0.3 is 10.2 Å². The first-order chi connectivity index (χ1) is 12.8. The molecule has 1 aromatic carbocycles. The van der Waals surface area contributed by atoms with Crippen LogP contribution in [-0.4, -0.2) is 64.0 Å². The third-order valence-corrected chi connectivity index (χ3v) is 5.79. The standard InChI is InChI=1S/C19H29N3O4S/c1-16(23)17-8-6-9-18(14-17)22(27(2,25)26)15-19(24)20-10-7-13-21-11-4-3-5-12-21/h6,8-9,14H,3-5,7,10-13,15H2,1-2H3,(H,20,24). The molecule has 0 radical (unpaired) electrons. The van der Waals surface area contributed by atoms with Crippen molar-refractivity contribution in [1.29, 1.82) is 0 Å². The quantitative estimate of drug-likeness (QED) is 0.507. The number of Topliss-reactive ketones (excluding diaryl/α,β-unsaturated/α-hetero) is 1. The highest BCUT2D eigenvalue weighted by Crippen LogP contribution is 2.19. The van der Waals surface area contributed by atoms with Crippen molar-refractivity contribution in [2.24, 2.45) is 0 Å². The molecule has 1 amide bonds. The summed E-state index contributed by atoms with van der Waals surface area (Å²) in [5.41, 5.74) is 0.719. The monoisotopic (exact) mass is 395 g/mol. The number of anilines is 1. The summed E-state index contributed by atoms with van der Waals surface area (Å²) in [4.78, 5) is 26.2. The summed E-state index contributed by atoms with van der Waals surface area (Å²) in [6.45, 7) is 4.80. The van der Waals surface area contributed by atoms with Crippen LogP contribution in [0.25, 0.3) is 0 Å². The molecule has 1 saturated heterocycles. The second-order valence-corrected chi connectivity index (χ2v) is 8.89. The second-order valence-electron chi connectivity index (χ2n) is 6.98. The Kier molecular flexibility index (Phi) is 7.79. The van der Waals surface area contributed by atoms with Gasteiger partial charge in [0.05, 0.1) is 11.9 Å². The van der Waals surface area contributed by atoms with E-state index in [0.29, 0.717) is 17.8 Å². The Morgan fingerprint density at radius 2 is 1.89 bits per heavy atom. The number of sulfonamides is 1. The molecule has 8 heteroatoms. The van der Waals surface area contributed by atoms with Gasteiger partial charge in [-0.1, -0.05) is 18.6 Å². The van der Waals surface area contributed by atoms with E-state index in [1.54, 1.807) is 18.2 Å². The van der Waals surface area contributed by atoms with Crippen molar-refractivity contribution in [1.82, 2.24) is 10.2 Å². The van der Waals surface area contributed by atoms with E-state index in [2.05, 4.69) is 10.2 Å². The van der Waals surface area contributed by atoms with E-state index in [-0.39, 0.29) is 18.2 Å². The molecule has 0 bridgehead atoms. The second kappa shape index (κ2) is 9.85. The smallest absolute Gasteiger partial charge is 0.240 e. The maximum Gasteiger partial charge on any atom is 0.240 e. The van der Waals surface area contributed by atoms with E-state index in [1.165, 1.54) is 32.3 Å². The van der Waals surface area contributed by atoms with Crippen molar-refractivity contribution < 1.29 is 18.0 Å². The molecule has 0 unspecified atom stereocenters. The van der Waals surface area contributed by atoms with E-state index >= 15 is 0 Å². The van der Waals surface area contributed by atoms with Gasteiger partial charge in [0.2, 0.25) is 15.9 Å². The van der Waals surface area contributed by atoms with Gasteiger partial charge in [0.25, 0.3) is 0 Å². The number of benzene rings is 1. The van der Waals surface area contributed by atoms with E-state index < -0.39 is 10.0 Å². The number of nitrogens with zero attached hydrogens (tertiary/aromatic N) is 2. The van der Waals surface area contributed by atoms with Crippen LogP contribution in [0, 0.1) is 0 Å². The number of hydrogen-bond acceptors (Lipinski definition) is 5. The number of rotatable bonds is 9. The Morgan fingerprint density at radius 3 is 2.52 bits per heavy atom. The number of nitrogens with one attached hydrogen (secondary N) is 1. The van der Waals surface area contributed by atoms with Gasteiger partial charge in [0.15, 0.2) is 5.78 Å². The highest BCUT2D eigenvalue weighted by atomic mass is 32.2. The maximum atomic E-state index is 12.2. The number of carbonyl (C=O) groups excluding carboxylic acids is 2. The first-order valence-electron chi connectivity index (χ1n) is 9.35. The molecule has 7 nitrogen and oxygen atoms in total. The van der Waals surface area contributed by atoms with Crippen molar-refractivity contribution in [3.05, 3.63) is 29.8 Å². The Hall–Kier alpha value is -1.93. The summed E-state index contributed by atoms with van der Waals surface area (Å²) in [6, 6.07) is 6.30. The molecule has 1 fully saturated rings. The van der Waals surface area contributed by atoms with Crippen molar-refractivity contribution in [2.45, 2.75) is 32.6 Å². The fourth-order valence-corrected chi connectivity index (χ4v) is 4.03. The summed E-state index contributed by atoms with van der Waals surface area (Å²) >= 11 is 0. The summed E-state index contributed by atoms with van der Waals surface area (Å²) in [7, 11) is -3.65. The first kappa shape index (κ1) is 21.4. The number of ketones is 1. The average Bonchev–Trinajstić information content (AvgIpc) is 2.63. The molecule has 150 valence electrons. The maximum absolute atomic E-state index is 12.2. The topological polar surface area (TPSA) is 86.8 Å². The van der Waals surface area contributed by atoms with Crippen LogP contribution >= 0.6 is 0 Å². The Morgan fingerprint density at radius 1 is 1.19 bits per heavy atom. The number of amides is 1. The largest absolute Gasteiger partial charge is 0.354 e. The minimum absolute atomic E-state index is 0.160. The van der Waals surface area contributed by atoms with Gasteiger partial charge in [0, 0.05) is 12.1 Å². The fraction of sp³-hybridized carbons (Fsp3) is 0.579. The molecule has 1 aliphatic heterocycles. The highest BCUT2D eigenvalue weighted by Gasteiger charge is 2.21. The van der Waals surface area contributed by atoms with Crippen molar-refractivity contribution in [3.8, 4) is 0 Å². The molecule has 0 aromatic heterocycles. The summed E-state index contributed by atoms with van der Waals surface area (Å²) < 4.78 is 25.3. The lowest BCUT2D eigenvalue weighted by atomic mass is 10.1. The van der Waals surface area contributed by atoms with Gasteiger partial charge in [-0.25, -0.2) is 8.42 Å². The zero-order valence-corrected chi connectivity index (χ0v) is 16.9. The predicted octanol–water partition coefficient (Wildman–Crippen LogP) is 1.65. The molecule has 0 aliphatic carbocycles. The van der Waals surface area contributed by atoms with E-state index in [0.717, 1.165) is 36.6 Å². The number of hydrogen-bond donors (Lipinski definition) is 1. The average molecular weight is 396 g/mol. The fourth-order valence-electron chi connectivity index (χ4n) is 3.18. The summed E-state index contributed by atoms with van der Waals surface area (Å²) in [5.74, 6) is -0.514. The number of carbonyl (C=O) groups is 2.